The first-order chi connectivity index (χ1) is 16.9. The van der Waals surface area contributed by atoms with Crippen molar-refractivity contribution in [1.29, 1.82) is 0 Å². The van der Waals surface area contributed by atoms with Crippen LogP contribution in [-0.4, -0.2) is 79.7 Å². The monoisotopic (exact) mass is 480 g/mol. The molecule has 1 aliphatic rings. The molecule has 9 nitrogen and oxygen atoms in total. The number of rotatable bonds is 6. The van der Waals surface area contributed by atoms with Gasteiger partial charge in [-0.3, -0.25) is 19.4 Å². The summed E-state index contributed by atoms with van der Waals surface area (Å²) in [5.74, 6) is 0.109. The molecule has 9 heteroatoms. The first kappa shape index (κ1) is 25.2. The number of likely N-dealkylation sites (N-methyl/N-ethyl adjacent to an activating group) is 1. The standard InChI is InChI=1S/C26H36N6O3/c1-19-13-32(20(2)17-33)26(34)7-5-11-31-15-23(28-29-31)18-35-25(19)16-30(3)14-21-8-9-22-6-4-10-27-24(22)12-21/h4,6,8-10,12,15,19-20,25,33H,5,7,11,13-14,16-18H2,1-3H3/t19-,20-,25+/m0/s1. The summed E-state index contributed by atoms with van der Waals surface area (Å²) in [5.41, 5.74) is 2.96. The Morgan fingerprint density at radius 2 is 2.17 bits per heavy atom. The van der Waals surface area contributed by atoms with Crippen LogP contribution in [0.25, 0.3) is 10.9 Å². The maximum Gasteiger partial charge on any atom is 0.222 e. The maximum atomic E-state index is 13.0. The molecule has 1 amide bonds. The van der Waals surface area contributed by atoms with E-state index in [0.717, 1.165) is 23.1 Å². The summed E-state index contributed by atoms with van der Waals surface area (Å²) in [6.07, 6.45) is 4.66. The van der Waals surface area contributed by atoms with Gasteiger partial charge in [0.2, 0.25) is 5.91 Å². The van der Waals surface area contributed by atoms with Gasteiger partial charge in [-0.1, -0.05) is 30.3 Å². The van der Waals surface area contributed by atoms with Crippen molar-refractivity contribution < 1.29 is 14.6 Å². The number of pyridine rings is 1. The molecule has 2 aromatic heterocycles. The molecule has 4 rings (SSSR count). The lowest BCUT2D eigenvalue weighted by Gasteiger charge is -2.35. The van der Waals surface area contributed by atoms with E-state index in [1.807, 2.05) is 25.4 Å². The molecule has 1 N–H and O–H groups in total. The van der Waals surface area contributed by atoms with Gasteiger partial charge in [0.25, 0.3) is 0 Å². The highest BCUT2D eigenvalue weighted by Crippen LogP contribution is 2.19. The summed E-state index contributed by atoms with van der Waals surface area (Å²) in [4.78, 5) is 21.5. The Morgan fingerprint density at radius 3 is 3.00 bits per heavy atom. The average Bonchev–Trinajstić information content (AvgIpc) is 3.31. The van der Waals surface area contributed by atoms with Gasteiger partial charge >= 0.3 is 0 Å². The van der Waals surface area contributed by atoms with Crippen molar-refractivity contribution in [3.8, 4) is 0 Å². The quantitative estimate of drug-likeness (QED) is 0.579. The third-order valence-electron chi connectivity index (χ3n) is 6.66. The molecule has 3 atom stereocenters. The van der Waals surface area contributed by atoms with Crippen molar-refractivity contribution in [3.63, 3.8) is 0 Å². The molecule has 0 saturated heterocycles. The van der Waals surface area contributed by atoms with E-state index in [0.29, 0.717) is 39.1 Å². The van der Waals surface area contributed by atoms with Crippen LogP contribution in [0.4, 0.5) is 0 Å². The van der Waals surface area contributed by atoms with Crippen LogP contribution in [0.5, 0.6) is 0 Å². The largest absolute Gasteiger partial charge is 0.394 e. The van der Waals surface area contributed by atoms with Crippen LogP contribution < -0.4 is 0 Å². The van der Waals surface area contributed by atoms with Gasteiger partial charge in [0.15, 0.2) is 0 Å². The Bertz CT molecular complexity index is 1120. The minimum absolute atomic E-state index is 0.0498. The number of ether oxygens (including phenoxy) is 1. The molecule has 0 unspecified atom stereocenters. The van der Waals surface area contributed by atoms with Crippen molar-refractivity contribution in [2.75, 3.05) is 26.7 Å². The summed E-state index contributed by atoms with van der Waals surface area (Å²) in [6.45, 7) is 6.90. The fraction of sp³-hybridized carbons (Fsp3) is 0.538. The van der Waals surface area contributed by atoms with Crippen molar-refractivity contribution in [1.82, 2.24) is 29.8 Å². The van der Waals surface area contributed by atoms with Crippen LogP contribution in [0.2, 0.25) is 0 Å². The zero-order chi connectivity index (χ0) is 24.8. The van der Waals surface area contributed by atoms with Gasteiger partial charge in [0, 0.05) is 50.1 Å². The number of aryl methyl sites for hydroxylation is 1. The van der Waals surface area contributed by atoms with Crippen molar-refractivity contribution in [3.05, 3.63) is 54.0 Å². The molecule has 35 heavy (non-hydrogen) atoms. The molecule has 188 valence electrons. The Balaban J connectivity index is 1.50. The number of aliphatic hydroxyl groups excluding tert-OH is 1. The topological polar surface area (TPSA) is 96.6 Å². The number of hydrogen-bond acceptors (Lipinski definition) is 7. The number of carbonyl (C=O) groups excluding carboxylic acids is 1. The molecule has 1 aromatic carbocycles. The highest BCUT2D eigenvalue weighted by atomic mass is 16.5. The molecule has 0 spiro atoms. The lowest BCUT2D eigenvalue weighted by molar-refractivity contribution is -0.136. The molecule has 2 bridgehead atoms. The summed E-state index contributed by atoms with van der Waals surface area (Å²) >= 11 is 0. The molecule has 0 aliphatic carbocycles. The number of fused-ring (bicyclic) bond motifs is 3. The van der Waals surface area contributed by atoms with Crippen LogP contribution in [0.15, 0.2) is 42.7 Å². The molecule has 1 aliphatic heterocycles. The van der Waals surface area contributed by atoms with Gasteiger partial charge in [0.05, 0.1) is 37.1 Å². The van der Waals surface area contributed by atoms with E-state index in [2.05, 4.69) is 58.4 Å². The van der Waals surface area contributed by atoms with Gasteiger partial charge in [-0.15, -0.1) is 5.10 Å². The summed E-state index contributed by atoms with van der Waals surface area (Å²) in [6, 6.07) is 10.1. The smallest absolute Gasteiger partial charge is 0.222 e. The highest BCUT2D eigenvalue weighted by molar-refractivity contribution is 5.78. The molecular weight excluding hydrogens is 444 g/mol. The second kappa shape index (κ2) is 11.7. The van der Waals surface area contributed by atoms with Gasteiger partial charge in [-0.05, 0) is 38.1 Å². The van der Waals surface area contributed by atoms with Gasteiger partial charge in [-0.2, -0.15) is 0 Å². The predicted molar refractivity (Wildman–Crippen MR) is 133 cm³/mol. The number of nitrogens with zero attached hydrogens (tertiary/aromatic N) is 6. The Hall–Kier alpha value is -2.88. The van der Waals surface area contributed by atoms with Crippen LogP contribution in [0.3, 0.4) is 0 Å². The van der Waals surface area contributed by atoms with E-state index in [9.17, 15) is 9.90 Å². The first-order valence-electron chi connectivity index (χ1n) is 12.4. The second-order valence-corrected chi connectivity index (χ2v) is 9.71. The number of aliphatic hydroxyl groups is 1. The zero-order valence-electron chi connectivity index (χ0n) is 20.9. The van der Waals surface area contributed by atoms with Crippen LogP contribution in [0, 0.1) is 5.92 Å². The lowest BCUT2D eigenvalue weighted by atomic mass is 10.0. The molecular formula is C26H36N6O3. The number of amides is 1. The number of benzene rings is 1. The summed E-state index contributed by atoms with van der Waals surface area (Å²) in [7, 11) is 2.08. The third kappa shape index (κ3) is 6.62. The molecule has 0 saturated carbocycles. The average molecular weight is 481 g/mol. The fourth-order valence-electron chi connectivity index (χ4n) is 4.59. The first-order valence-corrected chi connectivity index (χ1v) is 12.4. The summed E-state index contributed by atoms with van der Waals surface area (Å²) in [5, 5.41) is 19.3. The summed E-state index contributed by atoms with van der Waals surface area (Å²) < 4.78 is 8.14. The van der Waals surface area contributed by atoms with Crippen molar-refractivity contribution in [2.45, 2.75) is 58.5 Å². The van der Waals surface area contributed by atoms with E-state index in [4.69, 9.17) is 4.74 Å². The highest BCUT2D eigenvalue weighted by Gasteiger charge is 2.28. The van der Waals surface area contributed by atoms with Crippen molar-refractivity contribution >= 4 is 16.8 Å². The van der Waals surface area contributed by atoms with E-state index >= 15 is 0 Å². The van der Waals surface area contributed by atoms with Gasteiger partial charge in [-0.25, -0.2) is 0 Å². The maximum absolute atomic E-state index is 13.0. The number of aromatic nitrogens is 4. The SMILES string of the molecule is C[C@H]1CN([C@@H](C)CO)C(=O)CCCn2cc(nn2)CO[C@@H]1CN(C)Cc1ccc2cccnc2c1. The van der Waals surface area contributed by atoms with Gasteiger partial charge in [0.1, 0.15) is 5.69 Å². The normalized spacial score (nSPS) is 20.9. The molecule has 0 radical (unpaired) electrons. The Kier molecular flexibility index (Phi) is 8.43. The van der Waals surface area contributed by atoms with Crippen LogP contribution in [-0.2, 0) is 29.2 Å². The van der Waals surface area contributed by atoms with E-state index in [-0.39, 0.29) is 30.6 Å². The van der Waals surface area contributed by atoms with Gasteiger partial charge < -0.3 is 14.7 Å². The minimum Gasteiger partial charge on any atom is -0.394 e. The van der Waals surface area contributed by atoms with Crippen LogP contribution in [0.1, 0.15) is 37.9 Å². The van der Waals surface area contributed by atoms with E-state index in [1.54, 1.807) is 9.58 Å². The zero-order valence-corrected chi connectivity index (χ0v) is 20.9. The van der Waals surface area contributed by atoms with E-state index in [1.165, 1.54) is 5.56 Å². The molecule has 3 aromatic rings. The van der Waals surface area contributed by atoms with E-state index < -0.39 is 0 Å². The molecule has 3 heterocycles. The Labute approximate surface area is 206 Å². The third-order valence-corrected chi connectivity index (χ3v) is 6.66. The second-order valence-electron chi connectivity index (χ2n) is 9.71. The Morgan fingerprint density at radius 1 is 1.31 bits per heavy atom. The van der Waals surface area contributed by atoms with Crippen LogP contribution >= 0.6 is 0 Å². The van der Waals surface area contributed by atoms with Crippen molar-refractivity contribution in [2.24, 2.45) is 5.92 Å². The molecule has 0 fully saturated rings. The minimum atomic E-state index is -0.240. The number of carbonyl (C=O) groups is 1. The fourth-order valence-corrected chi connectivity index (χ4v) is 4.59. The predicted octanol–water partition coefficient (Wildman–Crippen LogP) is 2.48. The lowest BCUT2D eigenvalue weighted by Crippen LogP contribution is -2.47. The number of hydrogen-bond donors (Lipinski definition) is 1.